The fourth-order valence-corrected chi connectivity index (χ4v) is 5.47. The van der Waals surface area contributed by atoms with Crippen molar-refractivity contribution in [3.63, 3.8) is 0 Å². The topological polar surface area (TPSA) is 86.3 Å². The van der Waals surface area contributed by atoms with Crippen molar-refractivity contribution in [3.05, 3.63) is 102 Å². The summed E-state index contributed by atoms with van der Waals surface area (Å²) in [5.74, 6) is 1.56. The maximum absolute atomic E-state index is 12.0. The molecule has 1 aliphatic heterocycles. The molecule has 4 rings (SSSR count). The molecule has 0 aliphatic carbocycles. The molecule has 8 heteroatoms. The van der Waals surface area contributed by atoms with Gasteiger partial charge in [-0.05, 0) is 35.4 Å². The van der Waals surface area contributed by atoms with E-state index in [9.17, 15) is 9.90 Å². The maximum Gasteiger partial charge on any atom is 0.411 e. The molecule has 4 atom stereocenters. The van der Waals surface area contributed by atoms with E-state index in [1.807, 2.05) is 66.7 Å². The van der Waals surface area contributed by atoms with E-state index in [4.69, 9.17) is 18.9 Å². The highest BCUT2D eigenvalue weighted by molar-refractivity contribution is 7.99. The van der Waals surface area contributed by atoms with Gasteiger partial charge in [0.05, 0.1) is 25.9 Å². The molecule has 0 bridgehead atoms. The minimum absolute atomic E-state index is 0.0136. The summed E-state index contributed by atoms with van der Waals surface area (Å²) in [4.78, 5) is 13.1. The van der Waals surface area contributed by atoms with Crippen LogP contribution in [0.3, 0.4) is 0 Å². The zero-order chi connectivity index (χ0) is 26.9. The third-order valence-corrected chi connectivity index (χ3v) is 7.48. The number of para-hydroxylation sites is 1. The molecule has 0 radical (unpaired) electrons. The Morgan fingerprint density at radius 2 is 1.87 bits per heavy atom. The number of benzene rings is 3. The van der Waals surface area contributed by atoms with Gasteiger partial charge in [0.2, 0.25) is 0 Å². The summed E-state index contributed by atoms with van der Waals surface area (Å²) >= 11 is 1.68. The van der Waals surface area contributed by atoms with E-state index in [1.165, 1.54) is 6.08 Å². The lowest BCUT2D eigenvalue weighted by molar-refractivity contribution is -0.268. The van der Waals surface area contributed by atoms with Crippen LogP contribution in [0.2, 0.25) is 0 Å². The van der Waals surface area contributed by atoms with Crippen LogP contribution in [0.1, 0.15) is 36.0 Å². The van der Waals surface area contributed by atoms with Crippen LogP contribution in [-0.4, -0.2) is 36.8 Å². The lowest BCUT2D eigenvalue weighted by Gasteiger charge is -2.41. The molecule has 200 valence electrons. The van der Waals surface area contributed by atoms with Gasteiger partial charge in [-0.3, -0.25) is 5.32 Å². The molecule has 0 saturated carbocycles. The Morgan fingerprint density at radius 1 is 1.08 bits per heavy atom. The van der Waals surface area contributed by atoms with Crippen LogP contribution in [0, 0.1) is 5.92 Å². The number of anilines is 1. The first-order valence-electron chi connectivity index (χ1n) is 12.4. The van der Waals surface area contributed by atoms with Crippen LogP contribution < -0.4 is 10.1 Å². The molecule has 1 aliphatic rings. The van der Waals surface area contributed by atoms with E-state index in [-0.39, 0.29) is 31.3 Å². The molecule has 1 fully saturated rings. The number of nitrogens with one attached hydrogen (secondary N) is 1. The van der Waals surface area contributed by atoms with Crippen molar-refractivity contribution in [2.24, 2.45) is 5.92 Å². The molecular weight excluding hydrogens is 502 g/mol. The van der Waals surface area contributed by atoms with Gasteiger partial charge in [-0.2, -0.15) is 0 Å². The average Bonchev–Trinajstić information content (AvgIpc) is 2.96. The number of carbonyl (C=O) groups is 1. The molecule has 0 aromatic heterocycles. The zero-order valence-electron chi connectivity index (χ0n) is 21.5. The first-order valence-corrected chi connectivity index (χ1v) is 13.4. The highest BCUT2D eigenvalue weighted by atomic mass is 32.2. The number of aliphatic hydroxyl groups excluding tert-OH is 1. The van der Waals surface area contributed by atoms with Gasteiger partial charge in [0.25, 0.3) is 0 Å². The Bertz CT molecular complexity index is 1220. The Labute approximate surface area is 227 Å². The quantitative estimate of drug-likeness (QED) is 0.226. The van der Waals surface area contributed by atoms with E-state index in [0.29, 0.717) is 11.4 Å². The van der Waals surface area contributed by atoms with E-state index >= 15 is 0 Å². The zero-order valence-corrected chi connectivity index (χ0v) is 22.4. The Kier molecular flexibility index (Phi) is 9.84. The van der Waals surface area contributed by atoms with Crippen molar-refractivity contribution in [1.29, 1.82) is 0 Å². The Balaban J connectivity index is 1.58. The minimum atomic E-state index is -0.650. The number of carbonyl (C=O) groups excluding carboxylic acids is 1. The number of aliphatic hydroxyl groups is 1. The van der Waals surface area contributed by atoms with Crippen molar-refractivity contribution in [1.82, 2.24) is 0 Å². The predicted octanol–water partition coefficient (Wildman–Crippen LogP) is 6.51. The number of rotatable bonds is 10. The predicted molar refractivity (Wildman–Crippen MR) is 148 cm³/mol. The van der Waals surface area contributed by atoms with Crippen molar-refractivity contribution in [3.8, 4) is 5.75 Å². The van der Waals surface area contributed by atoms with Crippen LogP contribution in [0.25, 0.3) is 0 Å². The summed E-state index contributed by atoms with van der Waals surface area (Å²) in [6.45, 7) is 5.79. The second-order valence-electron chi connectivity index (χ2n) is 8.92. The number of ether oxygens (including phenoxy) is 4. The monoisotopic (exact) mass is 535 g/mol. The van der Waals surface area contributed by atoms with Crippen LogP contribution in [0.15, 0.2) is 90.3 Å². The second-order valence-corrected chi connectivity index (χ2v) is 9.98. The van der Waals surface area contributed by atoms with E-state index in [1.54, 1.807) is 24.9 Å². The lowest BCUT2D eigenvalue weighted by Crippen LogP contribution is -2.38. The largest absolute Gasteiger partial charge is 0.496 e. The summed E-state index contributed by atoms with van der Waals surface area (Å²) in [5, 5.41) is 12.2. The number of thioether (sulfide) groups is 1. The van der Waals surface area contributed by atoms with E-state index in [0.717, 1.165) is 27.3 Å². The fraction of sp³-hybridized carbons (Fsp3) is 0.300. The van der Waals surface area contributed by atoms with Gasteiger partial charge in [0.1, 0.15) is 12.4 Å². The molecule has 0 unspecified atom stereocenters. The molecule has 3 aromatic carbocycles. The number of methoxy groups -OCH3 is 1. The van der Waals surface area contributed by atoms with Crippen LogP contribution in [0.4, 0.5) is 10.5 Å². The number of hydrogen-bond donors (Lipinski definition) is 2. The highest BCUT2D eigenvalue weighted by Crippen LogP contribution is 2.44. The molecule has 38 heavy (non-hydrogen) atoms. The van der Waals surface area contributed by atoms with E-state index in [2.05, 4.69) is 18.8 Å². The van der Waals surface area contributed by atoms with Crippen LogP contribution in [0.5, 0.6) is 5.75 Å². The fourth-order valence-electron chi connectivity index (χ4n) is 4.27. The molecule has 1 heterocycles. The van der Waals surface area contributed by atoms with Gasteiger partial charge < -0.3 is 24.1 Å². The molecular formula is C30H33NO6S. The minimum Gasteiger partial charge on any atom is -0.496 e. The van der Waals surface area contributed by atoms with Gasteiger partial charge in [0, 0.05) is 27.8 Å². The van der Waals surface area contributed by atoms with Crippen LogP contribution in [-0.2, 0) is 20.8 Å². The smallest absolute Gasteiger partial charge is 0.411 e. The molecule has 3 aromatic rings. The second kappa shape index (κ2) is 13.5. The van der Waals surface area contributed by atoms with Gasteiger partial charge in [0.15, 0.2) is 6.29 Å². The third kappa shape index (κ3) is 6.96. The lowest BCUT2D eigenvalue weighted by atomic mass is 9.91. The average molecular weight is 536 g/mol. The first kappa shape index (κ1) is 27.7. The summed E-state index contributed by atoms with van der Waals surface area (Å²) in [6, 6.07) is 23.1. The van der Waals surface area contributed by atoms with Gasteiger partial charge >= 0.3 is 6.09 Å². The first-order chi connectivity index (χ1) is 18.5. The molecule has 2 N–H and O–H groups in total. The summed E-state index contributed by atoms with van der Waals surface area (Å²) < 4.78 is 23.6. The molecule has 1 saturated heterocycles. The van der Waals surface area contributed by atoms with Crippen molar-refractivity contribution >= 4 is 23.5 Å². The molecule has 7 nitrogen and oxygen atoms in total. The van der Waals surface area contributed by atoms with Crippen LogP contribution >= 0.6 is 11.8 Å². The van der Waals surface area contributed by atoms with Crippen molar-refractivity contribution in [2.45, 2.75) is 36.9 Å². The van der Waals surface area contributed by atoms with Crippen molar-refractivity contribution in [2.75, 3.05) is 24.8 Å². The number of hydrogen-bond acceptors (Lipinski definition) is 7. The highest BCUT2D eigenvalue weighted by Gasteiger charge is 2.38. The van der Waals surface area contributed by atoms with E-state index < -0.39 is 12.4 Å². The van der Waals surface area contributed by atoms with Gasteiger partial charge in [-0.1, -0.05) is 68.1 Å². The van der Waals surface area contributed by atoms with Gasteiger partial charge in [-0.15, -0.1) is 11.8 Å². The standard InChI is InChI=1S/C30H33NO6S/c1-4-16-35-30(33)31-24-9-7-8-23(17-24)29-36-26(19-38-27-11-6-5-10-25(27)34-3)20(2)28(37-29)22-14-12-21(18-32)13-15-22/h4-15,17,20,26,28-29,32H,1,16,18-19H2,2-3H3,(H,31,33)/t20-,26+,28+,29+/m0/s1. The van der Waals surface area contributed by atoms with Crippen molar-refractivity contribution < 1.29 is 28.8 Å². The Hall–Kier alpha value is -3.30. The maximum atomic E-state index is 12.0. The Morgan fingerprint density at radius 3 is 2.61 bits per heavy atom. The summed E-state index contributed by atoms with van der Waals surface area (Å²) in [7, 11) is 1.67. The molecule has 1 amide bonds. The molecule has 0 spiro atoms. The third-order valence-electron chi connectivity index (χ3n) is 6.33. The summed E-state index contributed by atoms with van der Waals surface area (Å²) in [5.41, 5.74) is 3.21. The SMILES string of the molecule is C=CCOC(=O)Nc1cccc([C@@H]2O[C@H](CSc3ccccc3OC)[C@H](C)[C@H](c3ccc(CO)cc3)O2)c1. The summed E-state index contributed by atoms with van der Waals surface area (Å²) in [6.07, 6.45) is -0.0755. The number of amides is 1. The van der Waals surface area contributed by atoms with Gasteiger partial charge in [-0.25, -0.2) is 4.79 Å². The normalized spacial score (nSPS) is 20.9.